The zero-order valence-corrected chi connectivity index (χ0v) is 22.2. The Labute approximate surface area is 230 Å². The van der Waals surface area contributed by atoms with Crippen LogP contribution in [0.3, 0.4) is 0 Å². The van der Waals surface area contributed by atoms with Crippen molar-refractivity contribution in [3.05, 3.63) is 71.7 Å². The summed E-state index contributed by atoms with van der Waals surface area (Å²) in [4.78, 5) is 40.2. The molecule has 0 fully saturated rings. The summed E-state index contributed by atoms with van der Waals surface area (Å²) in [5.74, 6) is -0.918. The van der Waals surface area contributed by atoms with E-state index in [0.717, 1.165) is 18.5 Å². The monoisotopic (exact) mass is 571 g/mol. The van der Waals surface area contributed by atoms with Gasteiger partial charge in [0.1, 0.15) is 18.4 Å². The van der Waals surface area contributed by atoms with Gasteiger partial charge in [-0.15, -0.1) is 0 Å². The summed E-state index contributed by atoms with van der Waals surface area (Å²) in [6.45, 7) is 1.27. The van der Waals surface area contributed by atoms with Gasteiger partial charge >= 0.3 is 22.3 Å². The van der Waals surface area contributed by atoms with E-state index in [1.54, 1.807) is 47.2 Å². The fourth-order valence-electron chi connectivity index (χ4n) is 3.99. The molecule has 0 bridgehead atoms. The second-order valence-corrected chi connectivity index (χ2v) is 10.5. The number of carbonyl (C=O) groups is 3. The van der Waals surface area contributed by atoms with Crippen LogP contribution in [0.2, 0.25) is 0 Å². The third-order valence-corrected chi connectivity index (χ3v) is 6.99. The van der Waals surface area contributed by atoms with Gasteiger partial charge in [-0.25, -0.2) is 9.52 Å². The number of nitrogens with one attached hydrogen (secondary N) is 4. The maximum atomic E-state index is 12.4. The highest BCUT2D eigenvalue weighted by Crippen LogP contribution is 2.24. The van der Waals surface area contributed by atoms with Gasteiger partial charge in [-0.2, -0.15) is 13.1 Å². The lowest BCUT2D eigenvalue weighted by molar-refractivity contribution is -0.139. The SMILES string of the molecule is O=C(CCc1ccc2c(CC(NS(=O)(=O)NC(=O)OCc3ccccc3)C(=O)O)occ2c1)NC1=NCCCN1. The Morgan fingerprint density at radius 3 is 2.65 bits per heavy atom. The lowest BCUT2D eigenvalue weighted by Gasteiger charge is -2.15. The lowest BCUT2D eigenvalue weighted by atomic mass is 10.0. The number of carboxylic acids is 1. The standard InChI is InChI=1S/C26H29N5O8S/c32-23(29-25-27-11-4-12-28-25)10-8-17-7-9-20-19(13-17)16-38-22(20)14-21(24(33)34)30-40(36,37)31-26(35)39-15-18-5-2-1-3-6-18/h1-3,5-7,9,13,16,21,30H,4,8,10-12,14-15H2,(H,31,35)(H,33,34)(H2,27,28,29,32). The predicted molar refractivity (Wildman–Crippen MR) is 145 cm³/mol. The maximum absolute atomic E-state index is 12.4. The number of aliphatic imine (C=N–C) groups is 1. The number of furan rings is 1. The fourth-order valence-corrected chi connectivity index (χ4v) is 4.88. The van der Waals surface area contributed by atoms with Gasteiger partial charge in [0.15, 0.2) is 5.96 Å². The van der Waals surface area contributed by atoms with Crippen LogP contribution in [0.15, 0.2) is 64.2 Å². The summed E-state index contributed by atoms with van der Waals surface area (Å²) < 4.78 is 38.8. The Bertz CT molecular complexity index is 1500. The fraction of sp³-hybridized carbons (Fsp3) is 0.308. The molecule has 0 radical (unpaired) electrons. The number of carboxylic acid groups (broad SMARTS) is 1. The van der Waals surface area contributed by atoms with Crippen LogP contribution in [0.25, 0.3) is 10.8 Å². The first-order valence-electron chi connectivity index (χ1n) is 12.5. The number of amides is 2. The van der Waals surface area contributed by atoms with Crippen LogP contribution >= 0.6 is 0 Å². The number of aliphatic carboxylic acids is 1. The van der Waals surface area contributed by atoms with E-state index in [0.29, 0.717) is 35.3 Å². The Hall–Kier alpha value is -4.43. The second-order valence-electron chi connectivity index (χ2n) is 9.02. The first-order chi connectivity index (χ1) is 19.2. The zero-order chi connectivity index (χ0) is 28.5. The van der Waals surface area contributed by atoms with Gasteiger partial charge < -0.3 is 19.6 Å². The Balaban J connectivity index is 1.33. The first-order valence-corrected chi connectivity index (χ1v) is 14.0. The molecule has 4 rings (SSSR count). The highest BCUT2D eigenvalue weighted by molar-refractivity contribution is 7.88. The molecule has 1 atom stereocenters. The van der Waals surface area contributed by atoms with Crippen LogP contribution in [0.1, 0.15) is 29.7 Å². The molecule has 1 aliphatic heterocycles. The number of aryl methyl sites for hydroxylation is 1. The van der Waals surface area contributed by atoms with Crippen LogP contribution in [-0.4, -0.2) is 56.6 Å². The summed E-state index contributed by atoms with van der Waals surface area (Å²) in [7, 11) is -4.57. The number of benzene rings is 2. The molecular weight excluding hydrogens is 542 g/mol. The molecule has 3 aromatic rings. The second kappa shape index (κ2) is 13.1. The molecule has 212 valence electrons. The van der Waals surface area contributed by atoms with Gasteiger partial charge in [0.25, 0.3) is 0 Å². The van der Waals surface area contributed by atoms with Crippen molar-refractivity contribution in [1.82, 2.24) is 20.1 Å². The average Bonchev–Trinajstić information content (AvgIpc) is 3.33. The molecule has 0 spiro atoms. The number of carbonyl (C=O) groups excluding carboxylic acids is 2. The molecular formula is C26H29N5O8S. The molecule has 1 unspecified atom stereocenters. The quantitative estimate of drug-likeness (QED) is 0.228. The summed E-state index contributed by atoms with van der Waals surface area (Å²) in [6, 6.07) is 12.3. The largest absolute Gasteiger partial charge is 0.480 e. The molecule has 2 amide bonds. The van der Waals surface area contributed by atoms with E-state index in [-0.39, 0.29) is 31.1 Å². The van der Waals surface area contributed by atoms with Crippen molar-refractivity contribution in [2.45, 2.75) is 38.3 Å². The van der Waals surface area contributed by atoms with E-state index in [1.165, 1.54) is 6.26 Å². The first kappa shape index (κ1) is 28.6. The van der Waals surface area contributed by atoms with Crippen molar-refractivity contribution in [2.24, 2.45) is 4.99 Å². The van der Waals surface area contributed by atoms with Crippen LogP contribution in [0.4, 0.5) is 4.79 Å². The number of fused-ring (bicyclic) bond motifs is 1. The number of ether oxygens (including phenoxy) is 1. The Morgan fingerprint density at radius 1 is 1.12 bits per heavy atom. The molecule has 1 aromatic heterocycles. The van der Waals surface area contributed by atoms with E-state index in [1.807, 2.05) is 10.8 Å². The van der Waals surface area contributed by atoms with E-state index < -0.39 is 28.3 Å². The number of hydrogen-bond acceptors (Lipinski definition) is 9. The highest BCUT2D eigenvalue weighted by atomic mass is 32.2. The van der Waals surface area contributed by atoms with Crippen molar-refractivity contribution in [1.29, 1.82) is 0 Å². The van der Waals surface area contributed by atoms with Crippen molar-refractivity contribution in [3.63, 3.8) is 0 Å². The maximum Gasteiger partial charge on any atom is 0.422 e. The number of guanidine groups is 1. The summed E-state index contributed by atoms with van der Waals surface area (Å²) in [5, 5.41) is 16.6. The molecule has 0 saturated heterocycles. The third kappa shape index (κ3) is 8.28. The van der Waals surface area contributed by atoms with Crippen LogP contribution < -0.4 is 20.1 Å². The van der Waals surface area contributed by atoms with Crippen molar-refractivity contribution in [3.8, 4) is 0 Å². The van der Waals surface area contributed by atoms with Gasteiger partial charge in [0.05, 0.1) is 6.26 Å². The molecule has 14 heteroatoms. The lowest BCUT2D eigenvalue weighted by Crippen LogP contribution is -2.49. The Morgan fingerprint density at radius 2 is 1.93 bits per heavy atom. The summed E-state index contributed by atoms with van der Waals surface area (Å²) >= 11 is 0. The highest BCUT2D eigenvalue weighted by Gasteiger charge is 2.28. The van der Waals surface area contributed by atoms with Crippen LogP contribution in [-0.2, 0) is 44.0 Å². The van der Waals surface area contributed by atoms with Crippen molar-refractivity contribution < 1.29 is 37.1 Å². The molecule has 13 nitrogen and oxygen atoms in total. The van der Waals surface area contributed by atoms with Crippen molar-refractivity contribution in [2.75, 3.05) is 13.1 Å². The van der Waals surface area contributed by atoms with Crippen LogP contribution in [0.5, 0.6) is 0 Å². The molecule has 2 heterocycles. The van der Waals surface area contributed by atoms with Crippen LogP contribution in [0, 0.1) is 0 Å². The smallest absolute Gasteiger partial charge is 0.422 e. The molecule has 0 saturated carbocycles. The van der Waals surface area contributed by atoms with Gasteiger partial charge in [-0.3, -0.25) is 19.9 Å². The van der Waals surface area contributed by atoms with E-state index in [2.05, 4.69) is 15.6 Å². The minimum absolute atomic E-state index is 0.165. The van der Waals surface area contributed by atoms with Gasteiger partial charge in [-0.05, 0) is 30.0 Å². The molecule has 5 N–H and O–H groups in total. The van der Waals surface area contributed by atoms with Gasteiger partial charge in [0.2, 0.25) is 5.91 Å². The Kier molecular flexibility index (Phi) is 9.35. The predicted octanol–water partition coefficient (Wildman–Crippen LogP) is 1.59. The third-order valence-electron chi connectivity index (χ3n) is 5.96. The van der Waals surface area contributed by atoms with E-state index >= 15 is 0 Å². The number of rotatable bonds is 11. The number of nitrogens with zero attached hydrogens (tertiary/aromatic N) is 1. The summed E-state index contributed by atoms with van der Waals surface area (Å²) in [5.41, 5.74) is 1.51. The average molecular weight is 572 g/mol. The molecule has 40 heavy (non-hydrogen) atoms. The van der Waals surface area contributed by atoms with Gasteiger partial charge in [-0.1, -0.05) is 42.5 Å². The molecule has 2 aromatic carbocycles. The topological polar surface area (TPSA) is 188 Å². The minimum Gasteiger partial charge on any atom is -0.480 e. The van der Waals surface area contributed by atoms with Gasteiger partial charge in [0, 0.05) is 36.7 Å². The molecule has 0 aliphatic carbocycles. The van der Waals surface area contributed by atoms with E-state index in [9.17, 15) is 27.9 Å². The number of hydrogen-bond donors (Lipinski definition) is 5. The van der Waals surface area contributed by atoms with E-state index in [4.69, 9.17) is 9.15 Å². The molecule has 1 aliphatic rings. The zero-order valence-electron chi connectivity index (χ0n) is 21.4. The minimum atomic E-state index is -4.57. The summed E-state index contributed by atoms with van der Waals surface area (Å²) in [6.07, 6.45) is 1.47. The normalized spacial score (nSPS) is 14.1. The van der Waals surface area contributed by atoms with Crippen molar-refractivity contribution >= 4 is 44.9 Å².